The second-order valence-corrected chi connectivity index (χ2v) is 5.33. The third-order valence-corrected chi connectivity index (χ3v) is 3.61. The molecule has 4 nitrogen and oxygen atoms in total. The highest BCUT2D eigenvalue weighted by Gasteiger charge is 2.02. The van der Waals surface area contributed by atoms with E-state index in [1.165, 1.54) is 0 Å². The largest absolute Gasteiger partial charge is 0.379 e. The van der Waals surface area contributed by atoms with Crippen LogP contribution in [0, 0.1) is 6.92 Å². The van der Waals surface area contributed by atoms with E-state index in [2.05, 4.69) is 50.1 Å². The molecule has 0 fully saturated rings. The van der Waals surface area contributed by atoms with Gasteiger partial charge in [-0.2, -0.15) is 5.10 Å². The molecule has 1 aromatic carbocycles. The van der Waals surface area contributed by atoms with Crippen LogP contribution in [0.4, 0.5) is 5.69 Å². The molecule has 0 bridgehead atoms. The molecule has 5 heteroatoms. The van der Waals surface area contributed by atoms with E-state index in [9.17, 15) is 0 Å². The molecule has 2 aromatic heterocycles. The average molecular weight is 270 g/mol. The first kappa shape index (κ1) is 11.9. The quantitative estimate of drug-likeness (QED) is 0.763. The first-order chi connectivity index (χ1) is 9.31. The summed E-state index contributed by atoms with van der Waals surface area (Å²) in [7, 11) is 0. The number of aromatic amines is 1. The predicted molar refractivity (Wildman–Crippen MR) is 78.2 cm³/mol. The lowest BCUT2D eigenvalue weighted by Gasteiger charge is -2.05. The van der Waals surface area contributed by atoms with Crippen molar-refractivity contribution in [1.29, 1.82) is 0 Å². The van der Waals surface area contributed by atoms with E-state index in [1.54, 1.807) is 17.5 Å². The molecular weight excluding hydrogens is 256 g/mol. The maximum Gasteiger partial charge on any atom is 0.0901 e. The number of nitrogens with zero attached hydrogens (tertiary/aromatic N) is 2. The SMILES string of the molecule is Cc1nc(-c2ccc(NCc3ccn[nH]3)cc2)cs1. The smallest absolute Gasteiger partial charge is 0.0901 e. The molecule has 19 heavy (non-hydrogen) atoms. The van der Waals surface area contributed by atoms with Gasteiger partial charge < -0.3 is 5.32 Å². The van der Waals surface area contributed by atoms with Crippen LogP contribution >= 0.6 is 11.3 Å². The second kappa shape index (κ2) is 5.24. The molecule has 0 atom stereocenters. The molecular formula is C14H14N4S. The third-order valence-electron chi connectivity index (χ3n) is 2.84. The highest BCUT2D eigenvalue weighted by molar-refractivity contribution is 7.09. The fraction of sp³-hybridized carbons (Fsp3) is 0.143. The van der Waals surface area contributed by atoms with Gasteiger partial charge >= 0.3 is 0 Å². The summed E-state index contributed by atoms with van der Waals surface area (Å²) < 4.78 is 0. The number of anilines is 1. The average Bonchev–Trinajstić information content (AvgIpc) is 3.08. The van der Waals surface area contributed by atoms with Gasteiger partial charge in [0.05, 0.1) is 22.9 Å². The summed E-state index contributed by atoms with van der Waals surface area (Å²) in [6.07, 6.45) is 1.75. The number of H-pyrrole nitrogens is 1. The Labute approximate surface area is 115 Å². The van der Waals surface area contributed by atoms with Crippen molar-refractivity contribution < 1.29 is 0 Å². The van der Waals surface area contributed by atoms with E-state index < -0.39 is 0 Å². The zero-order chi connectivity index (χ0) is 13.1. The Hall–Kier alpha value is -2.14. The molecule has 0 spiro atoms. The number of thiazole rings is 1. The standard InChI is InChI=1S/C14H14N4S/c1-10-17-14(9-19-10)11-2-4-12(5-3-11)15-8-13-6-7-16-18-13/h2-7,9,15H,8H2,1H3,(H,16,18). The molecule has 0 radical (unpaired) electrons. The van der Waals surface area contributed by atoms with Crippen molar-refractivity contribution >= 4 is 17.0 Å². The van der Waals surface area contributed by atoms with Crippen molar-refractivity contribution in [2.45, 2.75) is 13.5 Å². The van der Waals surface area contributed by atoms with Crippen LogP contribution < -0.4 is 5.32 Å². The summed E-state index contributed by atoms with van der Waals surface area (Å²) in [5, 5.41) is 13.4. The fourth-order valence-corrected chi connectivity index (χ4v) is 2.46. The molecule has 0 aliphatic heterocycles. The lowest BCUT2D eigenvalue weighted by Crippen LogP contribution is -1.99. The molecule has 0 aliphatic carbocycles. The van der Waals surface area contributed by atoms with Crippen molar-refractivity contribution in [3.63, 3.8) is 0 Å². The highest BCUT2D eigenvalue weighted by Crippen LogP contribution is 2.23. The van der Waals surface area contributed by atoms with Crippen LogP contribution in [0.2, 0.25) is 0 Å². The van der Waals surface area contributed by atoms with Crippen molar-refractivity contribution in [1.82, 2.24) is 15.2 Å². The van der Waals surface area contributed by atoms with Gasteiger partial charge in [-0.3, -0.25) is 5.10 Å². The Morgan fingerprint density at radius 3 is 2.68 bits per heavy atom. The minimum Gasteiger partial charge on any atom is -0.379 e. The van der Waals surface area contributed by atoms with Gasteiger partial charge in [0.25, 0.3) is 0 Å². The number of aryl methyl sites for hydroxylation is 1. The molecule has 0 unspecified atom stereocenters. The van der Waals surface area contributed by atoms with Crippen molar-refractivity contribution in [2.75, 3.05) is 5.32 Å². The van der Waals surface area contributed by atoms with Gasteiger partial charge in [0.15, 0.2) is 0 Å². The maximum absolute atomic E-state index is 4.48. The van der Waals surface area contributed by atoms with Crippen LogP contribution in [0.25, 0.3) is 11.3 Å². The fourth-order valence-electron chi connectivity index (χ4n) is 1.84. The van der Waals surface area contributed by atoms with Gasteiger partial charge in [-0.15, -0.1) is 11.3 Å². The minimum absolute atomic E-state index is 0.745. The molecule has 96 valence electrons. The van der Waals surface area contributed by atoms with Gasteiger partial charge in [-0.05, 0) is 25.1 Å². The molecule has 0 aliphatic rings. The summed E-state index contributed by atoms with van der Waals surface area (Å²) in [4.78, 5) is 4.48. The topological polar surface area (TPSA) is 53.6 Å². The predicted octanol–water partition coefficient (Wildman–Crippen LogP) is 3.45. The van der Waals surface area contributed by atoms with Gasteiger partial charge in [0.1, 0.15) is 0 Å². The Morgan fingerprint density at radius 1 is 1.21 bits per heavy atom. The summed E-state index contributed by atoms with van der Waals surface area (Å²) >= 11 is 1.67. The first-order valence-corrected chi connectivity index (χ1v) is 6.94. The number of benzene rings is 1. The van der Waals surface area contributed by atoms with Crippen LogP contribution in [0.1, 0.15) is 10.7 Å². The number of rotatable bonds is 4. The van der Waals surface area contributed by atoms with Gasteiger partial charge in [0, 0.05) is 22.8 Å². The van der Waals surface area contributed by atoms with Crippen LogP contribution in [0.5, 0.6) is 0 Å². The van der Waals surface area contributed by atoms with Gasteiger partial charge in [-0.1, -0.05) is 12.1 Å². The van der Waals surface area contributed by atoms with E-state index >= 15 is 0 Å². The summed E-state index contributed by atoms with van der Waals surface area (Å²) in [5.41, 5.74) is 4.35. The molecule has 0 saturated heterocycles. The summed E-state index contributed by atoms with van der Waals surface area (Å²) in [6, 6.07) is 10.3. The lowest BCUT2D eigenvalue weighted by molar-refractivity contribution is 0.981. The Balaban J connectivity index is 1.69. The zero-order valence-electron chi connectivity index (χ0n) is 10.6. The minimum atomic E-state index is 0.745. The van der Waals surface area contributed by atoms with E-state index in [-0.39, 0.29) is 0 Å². The number of aromatic nitrogens is 3. The molecule has 3 rings (SSSR count). The van der Waals surface area contributed by atoms with E-state index in [0.29, 0.717) is 0 Å². The number of hydrogen-bond acceptors (Lipinski definition) is 4. The van der Waals surface area contributed by atoms with E-state index in [0.717, 1.165) is 34.2 Å². The van der Waals surface area contributed by atoms with Crippen molar-refractivity contribution in [2.24, 2.45) is 0 Å². The Kier molecular flexibility index (Phi) is 3.29. The molecule has 0 saturated carbocycles. The third kappa shape index (κ3) is 2.82. The molecule has 3 aromatic rings. The molecule has 2 heterocycles. The number of hydrogen-bond donors (Lipinski definition) is 2. The van der Waals surface area contributed by atoms with Gasteiger partial charge in [0.2, 0.25) is 0 Å². The van der Waals surface area contributed by atoms with Crippen LogP contribution in [0.3, 0.4) is 0 Å². The van der Waals surface area contributed by atoms with Crippen molar-refractivity contribution in [3.8, 4) is 11.3 Å². The maximum atomic E-state index is 4.48. The summed E-state index contributed by atoms with van der Waals surface area (Å²) in [6.45, 7) is 2.77. The summed E-state index contributed by atoms with van der Waals surface area (Å²) in [5.74, 6) is 0. The Morgan fingerprint density at radius 2 is 2.05 bits per heavy atom. The monoisotopic (exact) mass is 270 g/mol. The Bertz CT molecular complexity index is 640. The second-order valence-electron chi connectivity index (χ2n) is 4.26. The van der Waals surface area contributed by atoms with Crippen LogP contribution in [0.15, 0.2) is 41.9 Å². The number of nitrogens with one attached hydrogen (secondary N) is 2. The van der Waals surface area contributed by atoms with Gasteiger partial charge in [-0.25, -0.2) is 4.98 Å². The molecule has 2 N–H and O–H groups in total. The zero-order valence-corrected chi connectivity index (χ0v) is 11.4. The van der Waals surface area contributed by atoms with Crippen molar-refractivity contribution in [3.05, 3.63) is 52.6 Å². The molecule has 0 amide bonds. The van der Waals surface area contributed by atoms with Crippen LogP contribution in [-0.2, 0) is 6.54 Å². The normalized spacial score (nSPS) is 10.6. The van der Waals surface area contributed by atoms with E-state index in [4.69, 9.17) is 0 Å². The van der Waals surface area contributed by atoms with E-state index in [1.807, 2.05) is 13.0 Å². The first-order valence-electron chi connectivity index (χ1n) is 6.06. The lowest BCUT2D eigenvalue weighted by atomic mass is 10.1. The van der Waals surface area contributed by atoms with Crippen LogP contribution in [-0.4, -0.2) is 15.2 Å². The highest BCUT2D eigenvalue weighted by atomic mass is 32.1.